The Balaban J connectivity index is 2.43. The normalized spacial score (nSPS) is 20.6. The summed E-state index contributed by atoms with van der Waals surface area (Å²) >= 11 is 3.65. The highest BCUT2D eigenvalue weighted by Crippen LogP contribution is 2.34. The van der Waals surface area contributed by atoms with Crippen LogP contribution in [0.4, 0.5) is 5.82 Å². The van der Waals surface area contributed by atoms with Crippen molar-refractivity contribution in [3.05, 3.63) is 16.0 Å². The van der Waals surface area contributed by atoms with Crippen molar-refractivity contribution in [2.45, 2.75) is 39.2 Å². The van der Waals surface area contributed by atoms with Crippen LogP contribution in [0.2, 0.25) is 0 Å². The predicted octanol–water partition coefficient (Wildman–Crippen LogP) is 2.97. The van der Waals surface area contributed by atoms with E-state index in [1.807, 2.05) is 0 Å². The molecule has 1 unspecified atom stereocenters. The van der Waals surface area contributed by atoms with Crippen LogP contribution in [0.3, 0.4) is 0 Å². The van der Waals surface area contributed by atoms with Gasteiger partial charge in [-0.3, -0.25) is 0 Å². The molecule has 0 saturated carbocycles. The Labute approximate surface area is 135 Å². The van der Waals surface area contributed by atoms with Gasteiger partial charge in [0.2, 0.25) is 0 Å². The van der Waals surface area contributed by atoms with Crippen LogP contribution < -0.4 is 5.32 Å². The number of hydrogen-bond donors (Lipinski definition) is 1. The Morgan fingerprint density at radius 1 is 1.38 bits per heavy atom. The SMILES string of the molecule is CCNc1nc(C2CN(C)CCO2)nc(C(C)(C)C)c1Br. The number of likely N-dealkylation sites (N-methyl/N-ethyl adjacent to an activating group) is 1. The largest absolute Gasteiger partial charge is 0.369 e. The van der Waals surface area contributed by atoms with Crippen molar-refractivity contribution in [3.63, 3.8) is 0 Å². The standard InChI is InChI=1S/C15H25BrN4O/c1-6-17-14-11(16)12(15(2,3)4)18-13(19-14)10-9-20(5)7-8-21-10/h10H,6-9H2,1-5H3,(H,17,18,19). The van der Waals surface area contributed by atoms with Crippen molar-refractivity contribution in [1.29, 1.82) is 0 Å². The first kappa shape index (κ1) is 16.6. The lowest BCUT2D eigenvalue weighted by Crippen LogP contribution is -2.36. The van der Waals surface area contributed by atoms with Crippen molar-refractivity contribution in [3.8, 4) is 0 Å². The summed E-state index contributed by atoms with van der Waals surface area (Å²) in [5.74, 6) is 1.62. The smallest absolute Gasteiger partial charge is 0.161 e. The first-order chi connectivity index (χ1) is 9.82. The minimum absolute atomic E-state index is 0.0543. The molecule has 6 heteroatoms. The van der Waals surface area contributed by atoms with Gasteiger partial charge >= 0.3 is 0 Å². The summed E-state index contributed by atoms with van der Waals surface area (Å²) in [6.45, 7) is 11.9. The highest BCUT2D eigenvalue weighted by atomic mass is 79.9. The molecule has 0 aliphatic carbocycles. The zero-order valence-electron chi connectivity index (χ0n) is 13.5. The van der Waals surface area contributed by atoms with E-state index in [9.17, 15) is 0 Å². The Morgan fingerprint density at radius 2 is 2.10 bits per heavy atom. The Morgan fingerprint density at radius 3 is 2.67 bits per heavy atom. The number of hydrogen-bond acceptors (Lipinski definition) is 5. The third-order valence-electron chi connectivity index (χ3n) is 3.48. The molecule has 2 rings (SSSR count). The fourth-order valence-electron chi connectivity index (χ4n) is 2.32. The summed E-state index contributed by atoms with van der Waals surface area (Å²) in [7, 11) is 2.10. The Bertz CT molecular complexity index is 501. The molecule has 118 valence electrons. The Kier molecular flexibility index (Phi) is 5.22. The van der Waals surface area contributed by atoms with Crippen LogP contribution in [0.1, 0.15) is 45.3 Å². The second kappa shape index (κ2) is 6.58. The third-order valence-corrected chi connectivity index (χ3v) is 4.23. The van der Waals surface area contributed by atoms with E-state index < -0.39 is 0 Å². The topological polar surface area (TPSA) is 50.3 Å². The molecule has 21 heavy (non-hydrogen) atoms. The maximum atomic E-state index is 5.87. The van der Waals surface area contributed by atoms with Gasteiger partial charge in [-0.25, -0.2) is 9.97 Å². The summed E-state index contributed by atoms with van der Waals surface area (Å²) in [6, 6.07) is 0. The number of ether oxygens (including phenoxy) is 1. The van der Waals surface area contributed by atoms with Gasteiger partial charge in [0.25, 0.3) is 0 Å². The number of anilines is 1. The summed E-state index contributed by atoms with van der Waals surface area (Å²) in [5, 5.41) is 3.31. The fourth-order valence-corrected chi connectivity index (χ4v) is 3.24. The van der Waals surface area contributed by atoms with Gasteiger partial charge in [-0.2, -0.15) is 0 Å². The second-order valence-corrected chi connectivity index (χ2v) is 7.29. The highest BCUT2D eigenvalue weighted by Gasteiger charge is 2.28. The molecule has 1 N–H and O–H groups in total. The van der Waals surface area contributed by atoms with E-state index >= 15 is 0 Å². The summed E-state index contributed by atoms with van der Waals surface area (Å²) in [5.41, 5.74) is 0.960. The van der Waals surface area contributed by atoms with Gasteiger partial charge in [0, 0.05) is 25.0 Å². The average Bonchev–Trinajstić information content (AvgIpc) is 2.40. The van der Waals surface area contributed by atoms with E-state index in [-0.39, 0.29) is 11.5 Å². The third kappa shape index (κ3) is 3.93. The maximum absolute atomic E-state index is 5.87. The van der Waals surface area contributed by atoms with Crippen molar-refractivity contribution in [1.82, 2.24) is 14.9 Å². The van der Waals surface area contributed by atoms with E-state index in [0.717, 1.165) is 48.1 Å². The average molecular weight is 357 g/mol. The molecule has 0 aromatic carbocycles. The van der Waals surface area contributed by atoms with Gasteiger partial charge in [0.15, 0.2) is 5.82 Å². The monoisotopic (exact) mass is 356 g/mol. The summed E-state index contributed by atoms with van der Waals surface area (Å²) in [6.07, 6.45) is -0.0599. The molecule has 1 aliphatic rings. The van der Waals surface area contributed by atoms with E-state index in [4.69, 9.17) is 9.72 Å². The number of rotatable bonds is 3. The highest BCUT2D eigenvalue weighted by molar-refractivity contribution is 9.10. The number of nitrogens with one attached hydrogen (secondary N) is 1. The lowest BCUT2D eigenvalue weighted by atomic mass is 9.91. The molecule has 1 aromatic heterocycles. The molecule has 1 aliphatic heterocycles. The van der Waals surface area contributed by atoms with Crippen LogP contribution in [-0.2, 0) is 10.2 Å². The molecule has 0 bridgehead atoms. The van der Waals surface area contributed by atoms with Crippen LogP contribution in [0.5, 0.6) is 0 Å². The lowest BCUT2D eigenvalue weighted by Gasteiger charge is -2.30. The van der Waals surface area contributed by atoms with Crippen LogP contribution in [0.15, 0.2) is 4.47 Å². The van der Waals surface area contributed by atoms with Gasteiger partial charge in [0.05, 0.1) is 16.8 Å². The molecular formula is C15H25BrN4O. The van der Waals surface area contributed by atoms with E-state index in [1.165, 1.54) is 0 Å². The molecular weight excluding hydrogens is 332 g/mol. The number of nitrogens with zero attached hydrogens (tertiary/aromatic N) is 3. The maximum Gasteiger partial charge on any atom is 0.161 e. The summed E-state index contributed by atoms with van der Waals surface area (Å²) in [4.78, 5) is 11.7. The van der Waals surface area contributed by atoms with E-state index in [0.29, 0.717) is 0 Å². The van der Waals surface area contributed by atoms with Gasteiger partial charge in [-0.05, 0) is 29.9 Å². The molecule has 1 atom stereocenters. The molecule has 5 nitrogen and oxygen atoms in total. The van der Waals surface area contributed by atoms with Gasteiger partial charge < -0.3 is 15.0 Å². The summed E-state index contributed by atoms with van der Waals surface area (Å²) < 4.78 is 6.81. The fraction of sp³-hybridized carbons (Fsp3) is 0.733. The molecule has 0 spiro atoms. The number of aromatic nitrogens is 2. The Hall–Kier alpha value is -0.720. The van der Waals surface area contributed by atoms with Crippen molar-refractivity contribution >= 4 is 21.7 Å². The zero-order valence-corrected chi connectivity index (χ0v) is 15.1. The van der Waals surface area contributed by atoms with Gasteiger partial charge in [-0.15, -0.1) is 0 Å². The van der Waals surface area contributed by atoms with Gasteiger partial charge in [-0.1, -0.05) is 20.8 Å². The van der Waals surface area contributed by atoms with Crippen LogP contribution in [0, 0.1) is 0 Å². The minimum Gasteiger partial charge on any atom is -0.369 e. The molecule has 1 aromatic rings. The predicted molar refractivity (Wildman–Crippen MR) is 88.8 cm³/mol. The lowest BCUT2D eigenvalue weighted by molar-refractivity contribution is -0.0256. The first-order valence-electron chi connectivity index (χ1n) is 7.45. The molecule has 2 heterocycles. The van der Waals surface area contributed by atoms with E-state index in [2.05, 4.69) is 65.9 Å². The molecule has 0 amide bonds. The van der Waals surface area contributed by atoms with Crippen molar-refractivity contribution in [2.24, 2.45) is 0 Å². The number of morpholine rings is 1. The second-order valence-electron chi connectivity index (χ2n) is 6.50. The van der Waals surface area contributed by atoms with Crippen molar-refractivity contribution < 1.29 is 4.74 Å². The van der Waals surface area contributed by atoms with Crippen LogP contribution >= 0.6 is 15.9 Å². The van der Waals surface area contributed by atoms with Gasteiger partial charge in [0.1, 0.15) is 11.9 Å². The minimum atomic E-state index is -0.0599. The van der Waals surface area contributed by atoms with Crippen LogP contribution in [0.25, 0.3) is 0 Å². The van der Waals surface area contributed by atoms with Crippen molar-refractivity contribution in [2.75, 3.05) is 38.6 Å². The molecule has 0 radical (unpaired) electrons. The van der Waals surface area contributed by atoms with E-state index in [1.54, 1.807) is 0 Å². The van der Waals surface area contributed by atoms with Crippen LogP contribution in [-0.4, -0.2) is 48.2 Å². The quantitative estimate of drug-likeness (QED) is 0.901. The zero-order chi connectivity index (χ0) is 15.6. The first-order valence-corrected chi connectivity index (χ1v) is 8.24. The molecule has 1 saturated heterocycles. The molecule has 1 fully saturated rings. The number of halogens is 1.